The quantitative estimate of drug-likeness (QED) is 0.594. The summed E-state index contributed by atoms with van der Waals surface area (Å²) in [5.74, 6) is -0.840. The number of halogens is 3. The van der Waals surface area contributed by atoms with Crippen molar-refractivity contribution in [3.8, 4) is 5.95 Å². The molecule has 0 saturated carbocycles. The van der Waals surface area contributed by atoms with E-state index in [2.05, 4.69) is 9.68 Å². The molecule has 11 heavy (non-hydrogen) atoms. The zero-order valence-electron chi connectivity index (χ0n) is 4.51. The SMILES string of the molecule is Oc1cc(C(F)(F)F)no1.[NaH]. The molecule has 1 aromatic rings. The van der Waals surface area contributed by atoms with Crippen molar-refractivity contribution in [2.24, 2.45) is 0 Å². The van der Waals surface area contributed by atoms with E-state index in [0.717, 1.165) is 0 Å². The van der Waals surface area contributed by atoms with Gasteiger partial charge in [0.25, 0.3) is 0 Å². The summed E-state index contributed by atoms with van der Waals surface area (Å²) in [5.41, 5.74) is -1.23. The molecule has 0 radical (unpaired) electrons. The molecule has 0 saturated heterocycles. The molecule has 0 spiro atoms. The average molecular weight is 177 g/mol. The topological polar surface area (TPSA) is 46.3 Å². The van der Waals surface area contributed by atoms with E-state index in [1.807, 2.05) is 0 Å². The van der Waals surface area contributed by atoms with Crippen molar-refractivity contribution in [1.82, 2.24) is 5.16 Å². The Hall–Kier alpha value is -0.200. The van der Waals surface area contributed by atoms with E-state index in [9.17, 15) is 13.2 Å². The molecule has 0 aliphatic carbocycles. The second-order valence-corrected chi connectivity index (χ2v) is 1.55. The first-order valence-corrected chi connectivity index (χ1v) is 2.23. The summed E-state index contributed by atoms with van der Waals surface area (Å²) in [7, 11) is 0. The Morgan fingerprint density at radius 3 is 2.18 bits per heavy atom. The molecule has 7 heteroatoms. The van der Waals surface area contributed by atoms with Crippen molar-refractivity contribution >= 4 is 29.6 Å². The van der Waals surface area contributed by atoms with Gasteiger partial charge in [-0.1, -0.05) is 5.16 Å². The molecule has 1 heterocycles. The van der Waals surface area contributed by atoms with Gasteiger partial charge in [0.15, 0.2) is 5.69 Å². The van der Waals surface area contributed by atoms with Crippen molar-refractivity contribution in [2.45, 2.75) is 6.18 Å². The fourth-order valence-electron chi connectivity index (χ4n) is 0.399. The van der Waals surface area contributed by atoms with Gasteiger partial charge in [-0.25, -0.2) is 0 Å². The van der Waals surface area contributed by atoms with Crippen molar-refractivity contribution < 1.29 is 22.8 Å². The third-order valence-electron chi connectivity index (χ3n) is 0.788. The van der Waals surface area contributed by atoms with Gasteiger partial charge < -0.3 is 9.63 Å². The van der Waals surface area contributed by atoms with Gasteiger partial charge in [0.1, 0.15) is 0 Å². The van der Waals surface area contributed by atoms with Crippen LogP contribution >= 0.6 is 0 Å². The number of rotatable bonds is 0. The summed E-state index contributed by atoms with van der Waals surface area (Å²) >= 11 is 0. The van der Waals surface area contributed by atoms with Crippen LogP contribution in [0.4, 0.5) is 13.2 Å². The van der Waals surface area contributed by atoms with Crippen LogP contribution in [-0.4, -0.2) is 39.8 Å². The summed E-state index contributed by atoms with van der Waals surface area (Å²) < 4.78 is 38.5. The Balaban J connectivity index is 0.000001000. The fraction of sp³-hybridized carbons (Fsp3) is 0.250. The van der Waals surface area contributed by atoms with Crippen LogP contribution in [0.5, 0.6) is 5.95 Å². The van der Waals surface area contributed by atoms with Gasteiger partial charge in [-0.3, -0.25) is 0 Å². The predicted octanol–water partition coefficient (Wildman–Crippen LogP) is 0.750. The monoisotopic (exact) mass is 177 g/mol. The van der Waals surface area contributed by atoms with Crippen LogP contribution in [0.3, 0.4) is 0 Å². The summed E-state index contributed by atoms with van der Waals surface area (Å²) in [6, 6.07) is 0.403. The maximum atomic E-state index is 11.6. The van der Waals surface area contributed by atoms with Gasteiger partial charge in [-0.2, -0.15) is 13.2 Å². The zero-order valence-corrected chi connectivity index (χ0v) is 4.51. The minimum atomic E-state index is -4.55. The average Bonchev–Trinajstić information content (AvgIpc) is 2.11. The number of alkyl halides is 3. The molecule has 0 aliphatic rings. The van der Waals surface area contributed by atoms with Crippen LogP contribution < -0.4 is 0 Å². The van der Waals surface area contributed by atoms with Crippen LogP contribution in [0.2, 0.25) is 0 Å². The predicted molar refractivity (Wildman–Crippen MR) is 30.3 cm³/mol. The first-order chi connectivity index (χ1) is 4.50. The summed E-state index contributed by atoms with van der Waals surface area (Å²) in [4.78, 5) is 0. The molecule has 1 aromatic heterocycles. The van der Waals surface area contributed by atoms with Gasteiger partial charge in [0, 0.05) is 0 Å². The number of aromatic nitrogens is 1. The molecule has 1 N–H and O–H groups in total. The molecule has 0 aliphatic heterocycles. The number of aromatic hydroxyl groups is 1. The summed E-state index contributed by atoms with van der Waals surface area (Å²) in [6.07, 6.45) is -4.55. The summed E-state index contributed by atoms with van der Waals surface area (Å²) in [6.45, 7) is 0. The normalized spacial score (nSPS) is 10.8. The fourth-order valence-corrected chi connectivity index (χ4v) is 0.399. The Kier molecular flexibility index (Phi) is 3.40. The number of hydrogen-bond donors (Lipinski definition) is 1. The molecule has 1 rings (SSSR count). The van der Waals surface area contributed by atoms with E-state index in [1.165, 1.54) is 0 Å². The van der Waals surface area contributed by atoms with Crippen LogP contribution in [-0.2, 0) is 6.18 Å². The molecule has 0 atom stereocenters. The van der Waals surface area contributed by atoms with Gasteiger partial charge in [0.05, 0.1) is 6.07 Å². The van der Waals surface area contributed by atoms with Crippen LogP contribution in [0.15, 0.2) is 10.6 Å². The first kappa shape index (κ1) is 10.8. The number of nitrogens with zero attached hydrogens (tertiary/aromatic N) is 1. The van der Waals surface area contributed by atoms with Crippen molar-refractivity contribution in [3.63, 3.8) is 0 Å². The standard InChI is InChI=1S/C4H2F3NO2.Na.H/c5-4(6,7)2-1-3(9)10-8-2;;/h1,9H;;. The van der Waals surface area contributed by atoms with E-state index in [1.54, 1.807) is 0 Å². The third kappa shape index (κ3) is 2.72. The van der Waals surface area contributed by atoms with E-state index < -0.39 is 17.8 Å². The first-order valence-electron chi connectivity index (χ1n) is 2.23. The van der Waals surface area contributed by atoms with Crippen LogP contribution in [0, 0.1) is 0 Å². The second kappa shape index (κ2) is 3.46. The number of hydrogen-bond acceptors (Lipinski definition) is 3. The summed E-state index contributed by atoms with van der Waals surface area (Å²) in [5, 5.41) is 10.8. The molecule has 0 fully saturated rings. The Bertz CT molecular complexity index is 233. The Morgan fingerprint density at radius 2 is 2.00 bits per heavy atom. The van der Waals surface area contributed by atoms with E-state index in [0.29, 0.717) is 6.07 Å². The van der Waals surface area contributed by atoms with Gasteiger partial charge >= 0.3 is 41.7 Å². The molecule has 0 unspecified atom stereocenters. The second-order valence-electron chi connectivity index (χ2n) is 1.55. The molecule has 58 valence electrons. The minimum absolute atomic E-state index is 0. The molecule has 3 nitrogen and oxygen atoms in total. The molecular weight excluding hydrogens is 174 g/mol. The molecule has 0 amide bonds. The maximum absolute atomic E-state index is 11.6. The van der Waals surface area contributed by atoms with E-state index in [-0.39, 0.29) is 29.6 Å². The Labute approximate surface area is 81.5 Å². The van der Waals surface area contributed by atoms with Crippen molar-refractivity contribution in [1.29, 1.82) is 0 Å². The third-order valence-corrected chi connectivity index (χ3v) is 0.788. The van der Waals surface area contributed by atoms with Gasteiger partial charge in [0.2, 0.25) is 0 Å². The van der Waals surface area contributed by atoms with Crippen molar-refractivity contribution in [2.75, 3.05) is 0 Å². The van der Waals surface area contributed by atoms with Gasteiger partial charge in [-0.15, -0.1) is 0 Å². The zero-order chi connectivity index (χ0) is 7.78. The Morgan fingerprint density at radius 1 is 1.45 bits per heavy atom. The van der Waals surface area contributed by atoms with E-state index >= 15 is 0 Å². The molecular formula is C4H3F3NNaO2. The van der Waals surface area contributed by atoms with Crippen LogP contribution in [0.25, 0.3) is 0 Å². The van der Waals surface area contributed by atoms with Crippen molar-refractivity contribution in [3.05, 3.63) is 11.8 Å². The molecule has 0 bridgehead atoms. The molecule has 0 aromatic carbocycles. The van der Waals surface area contributed by atoms with Gasteiger partial charge in [-0.05, 0) is 0 Å². The van der Waals surface area contributed by atoms with Crippen LogP contribution in [0.1, 0.15) is 5.69 Å². The van der Waals surface area contributed by atoms with E-state index in [4.69, 9.17) is 5.11 Å².